The van der Waals surface area contributed by atoms with E-state index in [-0.39, 0.29) is 18.1 Å². The number of benzene rings is 1. The van der Waals surface area contributed by atoms with Crippen molar-refractivity contribution in [3.05, 3.63) is 39.4 Å². The number of carbonyl (C=O) groups is 1. The number of hydrogen-bond acceptors (Lipinski definition) is 5. The molecule has 1 aromatic rings. The summed E-state index contributed by atoms with van der Waals surface area (Å²) in [6.07, 6.45) is 0.427. The summed E-state index contributed by atoms with van der Waals surface area (Å²) in [5.41, 5.74) is 6.97. The van der Waals surface area contributed by atoms with Gasteiger partial charge in [0.05, 0.1) is 11.0 Å². The molecule has 0 aromatic heterocycles. The molecule has 1 amide bonds. The third kappa shape index (κ3) is 4.29. The minimum absolute atomic E-state index is 0.0421. The molecule has 0 saturated carbocycles. The summed E-state index contributed by atoms with van der Waals surface area (Å²) in [5.74, 6) is -0.298. The number of hydrogen-bond donors (Lipinski definition) is 2. The highest BCUT2D eigenvalue weighted by molar-refractivity contribution is 5.81. The summed E-state index contributed by atoms with van der Waals surface area (Å²) in [4.78, 5) is 22.1. The molecule has 0 saturated heterocycles. The number of nitrogens with zero attached hydrogens (tertiary/aromatic N) is 1. The summed E-state index contributed by atoms with van der Waals surface area (Å²) in [6, 6.07) is 4.13. The highest BCUT2D eigenvalue weighted by Gasteiger charge is 2.16. The molecule has 0 spiro atoms. The van der Waals surface area contributed by atoms with Crippen molar-refractivity contribution < 1.29 is 14.5 Å². The minimum atomic E-state index is -0.644. The molecule has 3 N–H and O–H groups in total. The molecule has 1 aromatic carbocycles. The van der Waals surface area contributed by atoms with Crippen LogP contribution in [0.3, 0.4) is 0 Å². The summed E-state index contributed by atoms with van der Waals surface area (Å²) in [6.45, 7) is 2.28. The summed E-state index contributed by atoms with van der Waals surface area (Å²) in [7, 11) is 1.54. The van der Waals surface area contributed by atoms with Gasteiger partial charge in [0.1, 0.15) is 0 Å². The van der Waals surface area contributed by atoms with Crippen molar-refractivity contribution in [3.8, 4) is 0 Å². The van der Waals surface area contributed by atoms with Crippen LogP contribution in [0.15, 0.2) is 18.2 Å². The smallest absolute Gasteiger partial charge is 0.272 e. The molecule has 0 aliphatic rings. The van der Waals surface area contributed by atoms with Crippen LogP contribution in [0, 0.1) is 17.0 Å². The predicted octanol–water partition coefficient (Wildman–Crippen LogP) is 0.883. The van der Waals surface area contributed by atoms with Crippen LogP contribution in [0.2, 0.25) is 0 Å². The van der Waals surface area contributed by atoms with Crippen molar-refractivity contribution in [2.24, 2.45) is 5.73 Å². The van der Waals surface area contributed by atoms with Crippen LogP contribution in [0.1, 0.15) is 17.5 Å². The van der Waals surface area contributed by atoms with Crippen molar-refractivity contribution in [1.82, 2.24) is 5.32 Å². The number of methoxy groups -OCH3 is 1. The van der Waals surface area contributed by atoms with Gasteiger partial charge in [-0.1, -0.05) is 12.1 Å². The zero-order chi connectivity index (χ0) is 15.1. The number of nitro groups is 1. The van der Waals surface area contributed by atoms with E-state index in [0.717, 1.165) is 0 Å². The molecule has 1 unspecified atom stereocenters. The summed E-state index contributed by atoms with van der Waals surface area (Å²) in [5, 5.41) is 13.5. The third-order valence-corrected chi connectivity index (χ3v) is 3.04. The van der Waals surface area contributed by atoms with E-state index in [1.54, 1.807) is 19.1 Å². The average Bonchev–Trinajstić information content (AvgIpc) is 2.42. The van der Waals surface area contributed by atoms with Gasteiger partial charge in [0, 0.05) is 31.9 Å². The lowest BCUT2D eigenvalue weighted by molar-refractivity contribution is -0.385. The van der Waals surface area contributed by atoms with Gasteiger partial charge in [0.2, 0.25) is 5.91 Å². The molecule has 0 fully saturated rings. The molecule has 0 heterocycles. The van der Waals surface area contributed by atoms with Gasteiger partial charge in [-0.3, -0.25) is 14.9 Å². The van der Waals surface area contributed by atoms with Crippen molar-refractivity contribution in [2.75, 3.05) is 13.7 Å². The Kier molecular flexibility index (Phi) is 6.08. The molecule has 20 heavy (non-hydrogen) atoms. The van der Waals surface area contributed by atoms with Crippen molar-refractivity contribution in [3.63, 3.8) is 0 Å². The van der Waals surface area contributed by atoms with Gasteiger partial charge in [-0.25, -0.2) is 0 Å². The second kappa shape index (κ2) is 7.56. The van der Waals surface area contributed by atoms with Gasteiger partial charge in [0.25, 0.3) is 5.69 Å². The average molecular weight is 281 g/mol. The zero-order valence-corrected chi connectivity index (χ0v) is 11.6. The Hall–Kier alpha value is -1.99. The normalized spacial score (nSPS) is 11.9. The zero-order valence-electron chi connectivity index (χ0n) is 11.6. The van der Waals surface area contributed by atoms with Gasteiger partial charge in [0.15, 0.2) is 0 Å². The molecule has 1 atom stereocenters. The molecular weight excluding hydrogens is 262 g/mol. The van der Waals surface area contributed by atoms with Crippen LogP contribution >= 0.6 is 0 Å². The molecule has 7 nitrogen and oxygen atoms in total. The Bertz CT molecular complexity index is 491. The number of nitrogens with two attached hydrogens (primary N) is 1. The maximum atomic E-state index is 11.7. The monoisotopic (exact) mass is 281 g/mol. The number of nitrogens with one attached hydrogen (secondary N) is 1. The maximum absolute atomic E-state index is 11.7. The number of amides is 1. The first-order chi connectivity index (χ1) is 9.47. The van der Waals surface area contributed by atoms with E-state index < -0.39 is 11.0 Å². The largest absolute Gasteiger partial charge is 0.385 e. The maximum Gasteiger partial charge on any atom is 0.272 e. The molecule has 7 heteroatoms. The Labute approximate surface area is 117 Å². The van der Waals surface area contributed by atoms with Gasteiger partial charge in [-0.05, 0) is 18.9 Å². The first-order valence-corrected chi connectivity index (χ1v) is 6.22. The lowest BCUT2D eigenvalue weighted by atomic mass is 10.1. The van der Waals surface area contributed by atoms with Gasteiger partial charge in [-0.2, -0.15) is 0 Å². The van der Waals surface area contributed by atoms with Gasteiger partial charge in [-0.15, -0.1) is 0 Å². The van der Waals surface area contributed by atoms with E-state index in [1.807, 2.05) is 0 Å². The molecule has 0 bridgehead atoms. The second-order valence-electron chi connectivity index (χ2n) is 4.42. The Morgan fingerprint density at radius 2 is 2.25 bits per heavy atom. The van der Waals surface area contributed by atoms with Crippen LogP contribution in [0.5, 0.6) is 0 Å². The highest BCUT2D eigenvalue weighted by atomic mass is 16.6. The first-order valence-electron chi connectivity index (χ1n) is 6.22. The summed E-state index contributed by atoms with van der Waals surface area (Å²) < 4.78 is 4.85. The molecule has 0 aliphatic carbocycles. The van der Waals surface area contributed by atoms with Gasteiger partial charge < -0.3 is 15.8 Å². The van der Waals surface area contributed by atoms with Crippen LogP contribution in [-0.4, -0.2) is 30.6 Å². The van der Waals surface area contributed by atoms with Gasteiger partial charge >= 0.3 is 0 Å². The molecule has 0 aliphatic heterocycles. The van der Waals surface area contributed by atoms with E-state index in [4.69, 9.17) is 10.5 Å². The Morgan fingerprint density at radius 1 is 1.55 bits per heavy atom. The lowest BCUT2D eigenvalue weighted by Gasteiger charge is -2.12. The predicted molar refractivity (Wildman–Crippen MR) is 74.1 cm³/mol. The fourth-order valence-electron chi connectivity index (χ4n) is 1.75. The fourth-order valence-corrected chi connectivity index (χ4v) is 1.75. The second-order valence-corrected chi connectivity index (χ2v) is 4.42. The molecule has 1 rings (SSSR count). The van der Waals surface area contributed by atoms with E-state index in [0.29, 0.717) is 24.2 Å². The highest BCUT2D eigenvalue weighted by Crippen LogP contribution is 2.20. The minimum Gasteiger partial charge on any atom is -0.385 e. The van der Waals surface area contributed by atoms with Crippen molar-refractivity contribution in [1.29, 1.82) is 0 Å². The van der Waals surface area contributed by atoms with Crippen LogP contribution in [-0.2, 0) is 16.1 Å². The third-order valence-electron chi connectivity index (χ3n) is 3.04. The number of carbonyl (C=O) groups excluding carboxylic acids is 1. The van der Waals surface area contributed by atoms with E-state index in [1.165, 1.54) is 13.2 Å². The molecule has 0 radical (unpaired) electrons. The number of ether oxygens (including phenoxy) is 1. The van der Waals surface area contributed by atoms with E-state index in [2.05, 4.69) is 5.32 Å². The topological polar surface area (TPSA) is 107 Å². The van der Waals surface area contributed by atoms with E-state index in [9.17, 15) is 14.9 Å². The number of nitro benzene ring substituents is 1. The lowest BCUT2D eigenvalue weighted by Crippen LogP contribution is -2.40. The quantitative estimate of drug-likeness (QED) is 0.570. The molecular formula is C13H19N3O4. The molecule has 110 valence electrons. The van der Waals surface area contributed by atoms with Crippen LogP contribution in [0.25, 0.3) is 0 Å². The number of rotatable bonds is 7. The van der Waals surface area contributed by atoms with Crippen molar-refractivity contribution in [2.45, 2.75) is 25.9 Å². The summed E-state index contributed by atoms with van der Waals surface area (Å²) >= 11 is 0. The van der Waals surface area contributed by atoms with E-state index >= 15 is 0 Å². The first kappa shape index (κ1) is 16.1. The Balaban J connectivity index is 2.64. The van der Waals surface area contributed by atoms with Crippen LogP contribution in [0.4, 0.5) is 5.69 Å². The standard InChI is InChI=1S/C13H19N3O4/c1-9-10(4-3-5-12(9)16(18)19)8-15-13(17)11(14)6-7-20-2/h3-5,11H,6-8,14H2,1-2H3,(H,15,17). The van der Waals surface area contributed by atoms with Crippen molar-refractivity contribution >= 4 is 11.6 Å². The fraction of sp³-hybridized carbons (Fsp3) is 0.462. The Morgan fingerprint density at radius 3 is 2.85 bits per heavy atom. The SMILES string of the molecule is COCCC(N)C(=O)NCc1cccc([N+](=O)[O-])c1C. The van der Waals surface area contributed by atoms with Crippen LogP contribution < -0.4 is 11.1 Å².